The molecule has 0 aromatic carbocycles. The molecule has 0 aliphatic rings. The number of isocyanates is 1. The minimum absolute atomic E-state index is 0. The SMILES string of the molecule is N#COC(N=C=O)OC#N.OC(O)O.P.[2H]P(I)I.[CH2-]I.[U].[U].[V]. The molecule has 1 unspecified atom stereocenters. The van der Waals surface area contributed by atoms with E-state index in [2.05, 4.69) is 63.5 Å². The monoisotopic (exact) mass is 1190 g/mol. The van der Waals surface area contributed by atoms with Gasteiger partial charge in [0.05, 0.1) is 1.28 Å². The van der Waals surface area contributed by atoms with Gasteiger partial charge in [-0.05, 0) is 44.1 Å². The summed E-state index contributed by atoms with van der Waals surface area (Å²) in [6.07, 6.45) is 1.94. The Morgan fingerprint density at radius 2 is 1.39 bits per heavy atom. The molecule has 0 saturated heterocycles. The van der Waals surface area contributed by atoms with Crippen LogP contribution in [0.5, 0.6) is 0 Å². The molecule has 1 radical (unpaired) electrons. The standard InChI is InChI=1S/C4HN3O3.CH2I.CH4O3.HI2P.H3P.2U.V/c5-1-9-4(7-3-8)10-2-6;1-2;2-1(3)4;1-3-2;;;;/h4H;1H2;1-4H;3H;1H3;;;/q;-1;;;;;;/i;;;3D;;;;. The van der Waals surface area contributed by atoms with Crippen LogP contribution in [0, 0.1) is 90.2 Å². The number of aliphatic hydroxyl groups excluding tert-OH is 1. The molecule has 131 valence electrons. The van der Waals surface area contributed by atoms with Crippen LogP contribution in [0.25, 0.3) is 0 Å². The summed E-state index contributed by atoms with van der Waals surface area (Å²) in [5.41, 5.74) is 0. The van der Waals surface area contributed by atoms with Crippen molar-refractivity contribution in [1.82, 2.24) is 0 Å². The number of nitriles is 2. The van der Waals surface area contributed by atoms with Crippen molar-refractivity contribution >= 4 is 86.5 Å². The van der Waals surface area contributed by atoms with Crippen molar-refractivity contribution in [3.63, 3.8) is 0 Å². The van der Waals surface area contributed by atoms with Gasteiger partial charge in [0, 0.05) is 84.6 Å². The van der Waals surface area contributed by atoms with Crippen LogP contribution < -0.4 is 0 Å². The van der Waals surface area contributed by atoms with E-state index in [1.807, 2.05) is 22.6 Å². The first-order chi connectivity index (χ1) is 9.31. The summed E-state index contributed by atoms with van der Waals surface area (Å²) in [4.78, 5) is 15.5. The number of aliphatic hydroxyl groups is 3. The molecule has 23 heavy (non-hydrogen) atoms. The number of halogens is 3. The van der Waals surface area contributed by atoms with Gasteiger partial charge in [-0.2, -0.15) is 20.4 Å². The van der Waals surface area contributed by atoms with Crippen molar-refractivity contribution in [2.24, 2.45) is 4.99 Å². The van der Waals surface area contributed by atoms with Gasteiger partial charge in [0.1, 0.15) is 0 Å². The van der Waals surface area contributed by atoms with Crippen molar-refractivity contribution in [2.45, 2.75) is 12.9 Å². The summed E-state index contributed by atoms with van der Waals surface area (Å²) in [5, 5.41) is 37.2. The summed E-state index contributed by atoms with van der Waals surface area (Å²) < 4.78 is 14.1. The molecule has 0 saturated carbocycles. The summed E-state index contributed by atoms with van der Waals surface area (Å²) in [5.74, 6) is 0. The molecule has 0 rings (SSSR count). The smallest absolute Gasteiger partial charge is 0.361 e. The van der Waals surface area contributed by atoms with Crippen molar-refractivity contribution in [1.29, 1.82) is 11.8 Å². The fourth-order valence-corrected chi connectivity index (χ4v) is 0.210. The van der Waals surface area contributed by atoms with Crippen molar-refractivity contribution in [3.8, 4) is 12.5 Å². The number of rotatable bonds is 3. The molecule has 3 N–H and O–H groups in total. The van der Waals surface area contributed by atoms with E-state index in [-0.39, 0.29) is 90.7 Å². The third kappa shape index (κ3) is 89.9. The minimum Gasteiger partial charge on any atom is -0.361 e. The topological polar surface area (TPSA) is 156 Å². The number of carbonyl (C=O) groups excluding carboxylic acids is 1. The summed E-state index contributed by atoms with van der Waals surface area (Å²) in [6.45, 7) is -2.17. The molecule has 17 heteroatoms. The summed E-state index contributed by atoms with van der Waals surface area (Å²) in [6, 6.07) is 0. The molecular weight excluding hydrogens is 1180 g/mol. The van der Waals surface area contributed by atoms with E-state index in [9.17, 15) is 4.79 Å². The maximum Gasteiger partial charge on any atom is 0.375 e. The third-order valence-electron chi connectivity index (χ3n) is 0.465. The maximum atomic E-state index is 9.49. The second kappa shape index (κ2) is 56.2. The molecule has 1 atom stereocenters. The molecule has 0 aromatic rings. The predicted octanol–water partition coefficient (Wildman–Crippen LogP) is 1.48. The van der Waals surface area contributed by atoms with Crippen LogP contribution in [-0.4, -0.2) is 35.6 Å². The van der Waals surface area contributed by atoms with E-state index >= 15 is 0 Å². The third-order valence-corrected chi connectivity index (χ3v) is 0.465. The Kier molecular flexibility index (Phi) is 111. The fraction of sp³-hybridized carbons (Fsp3) is 0.333. The zero-order valence-electron chi connectivity index (χ0n) is 12.0. The molecule has 0 bridgehead atoms. The first-order valence-electron chi connectivity index (χ1n) is 3.84. The Morgan fingerprint density at radius 3 is 1.52 bits per heavy atom. The molecule has 0 aliphatic heterocycles. The molecular formula is C6H11I3N3O6P2U2V-. The largest absolute Gasteiger partial charge is 0.375 e. The molecule has 0 aliphatic carbocycles. The first-order valence-corrected chi connectivity index (χ1v) is 11.4. The van der Waals surface area contributed by atoms with Gasteiger partial charge in [0.15, 0.2) is 0 Å². The Labute approximate surface area is 239 Å². The number of hydrogen-bond acceptors (Lipinski definition) is 9. The summed E-state index contributed by atoms with van der Waals surface area (Å²) >= 11 is 6.02. The van der Waals surface area contributed by atoms with Crippen LogP contribution in [0.1, 0.15) is 0 Å². The van der Waals surface area contributed by atoms with Crippen LogP contribution in [0.4, 0.5) is 0 Å². The fourth-order valence-electron chi connectivity index (χ4n) is 0.210. The Morgan fingerprint density at radius 1 is 1.17 bits per heavy atom. The van der Waals surface area contributed by atoms with Gasteiger partial charge < -0.3 is 47.4 Å². The van der Waals surface area contributed by atoms with Gasteiger partial charge in [-0.3, -0.25) is 4.93 Å². The number of hydrogen-bond donors (Lipinski definition) is 3. The second-order valence-corrected chi connectivity index (χ2v) is 9.92. The second-order valence-electron chi connectivity index (χ2n) is 1.36. The molecule has 9 nitrogen and oxygen atoms in total. The van der Waals surface area contributed by atoms with Crippen LogP contribution in [0.15, 0.2) is 4.99 Å². The molecule has 0 heterocycles. The van der Waals surface area contributed by atoms with Crippen LogP contribution in [0.3, 0.4) is 0 Å². The van der Waals surface area contributed by atoms with Gasteiger partial charge in [-0.25, -0.2) is 4.79 Å². The maximum absolute atomic E-state index is 9.49. The zero-order chi connectivity index (χ0) is 17.0. The number of ether oxygens (including phenoxy) is 2. The first kappa shape index (κ1) is 45.4. The van der Waals surface area contributed by atoms with E-state index in [1.165, 1.54) is 12.5 Å². The van der Waals surface area contributed by atoms with E-state index < -0.39 is 16.7 Å². The van der Waals surface area contributed by atoms with E-state index in [4.69, 9.17) is 27.1 Å². The van der Waals surface area contributed by atoms with Gasteiger partial charge >= 0.3 is 6.41 Å². The van der Waals surface area contributed by atoms with Crippen molar-refractivity contribution in [2.75, 3.05) is 0 Å². The zero-order valence-corrected chi connectivity index (χ0v) is 29.5. The Hall–Kier alpha value is 3.58. The van der Waals surface area contributed by atoms with E-state index in [0.29, 0.717) is 0 Å². The van der Waals surface area contributed by atoms with E-state index in [1.54, 1.807) is 0 Å². The minimum atomic E-state index is -2.17. The average molecular weight is 1190 g/mol. The van der Waals surface area contributed by atoms with Gasteiger partial charge in [-0.15, -0.1) is 4.99 Å². The normalized spacial score (nSPS) is 6.35. The van der Waals surface area contributed by atoms with Crippen molar-refractivity contribution in [3.05, 3.63) is 4.93 Å². The molecule has 0 amide bonds. The quantitative estimate of drug-likeness (QED) is 0.0731. The Bertz CT molecular complexity index is 312. The molecule has 0 fully saturated rings. The van der Waals surface area contributed by atoms with E-state index in [0.717, 1.165) is 6.08 Å². The van der Waals surface area contributed by atoms with Crippen LogP contribution in [-0.2, 0) is 32.8 Å². The van der Waals surface area contributed by atoms with Gasteiger partial charge in [0.25, 0.3) is 19.0 Å². The average Bonchev–Trinajstić information content (AvgIpc) is 2.31. The summed E-state index contributed by atoms with van der Waals surface area (Å²) in [7, 11) is 0. The predicted molar refractivity (Wildman–Crippen MR) is 103 cm³/mol. The number of aliphatic imine (C=N–C) groups is 1. The van der Waals surface area contributed by atoms with Gasteiger partial charge in [0.2, 0.25) is 6.08 Å². The van der Waals surface area contributed by atoms with Crippen molar-refractivity contribution < 1.29 is 110 Å². The molecule has 0 spiro atoms. The Balaban J connectivity index is -0.0000000264. The van der Waals surface area contributed by atoms with Crippen LogP contribution >= 0.6 is 80.4 Å². The van der Waals surface area contributed by atoms with Crippen LogP contribution in [0.2, 0.25) is 0 Å². The van der Waals surface area contributed by atoms with Gasteiger partial charge in [-0.1, -0.05) is 0 Å². The number of nitrogens with zero attached hydrogens (tertiary/aromatic N) is 3. The molecule has 0 aromatic heterocycles.